The number of aromatic nitrogens is 2. The molecule has 1 aromatic rings. The topological polar surface area (TPSA) is 58.0 Å². The maximum atomic E-state index is 9.69. The maximum Gasteiger partial charge on any atom is 0.137 e. The number of nitrogens with zero attached hydrogens (tertiary/aromatic N) is 2. The fourth-order valence-electron chi connectivity index (χ4n) is 1.38. The predicted molar refractivity (Wildman–Crippen MR) is 70.4 cm³/mol. The van der Waals surface area contributed by atoms with E-state index in [0.717, 1.165) is 18.4 Å². The molecule has 0 radical (unpaired) electrons. The fraction of sp³-hybridized carbons (Fsp3) is 0.667. The first kappa shape index (κ1) is 14.2. The Balaban J connectivity index is 3.02. The second-order valence-corrected chi connectivity index (χ2v) is 5.12. The van der Waals surface area contributed by atoms with Crippen molar-refractivity contribution in [1.29, 1.82) is 0 Å². The second kappa shape index (κ2) is 5.65. The van der Waals surface area contributed by atoms with Crippen molar-refractivity contribution in [3.63, 3.8) is 0 Å². The van der Waals surface area contributed by atoms with Crippen LogP contribution < -0.4 is 5.32 Å². The van der Waals surface area contributed by atoms with Gasteiger partial charge in [0.25, 0.3) is 0 Å². The third-order valence-corrected chi connectivity index (χ3v) is 3.20. The van der Waals surface area contributed by atoms with Crippen LogP contribution in [0.1, 0.15) is 39.7 Å². The van der Waals surface area contributed by atoms with E-state index in [0.29, 0.717) is 11.0 Å². The van der Waals surface area contributed by atoms with E-state index in [-0.39, 0.29) is 0 Å². The SMILES string of the molecule is CCCc1c(Cl)ncnc1NC(C)(C)C(C)O. The average molecular weight is 258 g/mol. The quantitative estimate of drug-likeness (QED) is 0.797. The number of hydrogen-bond acceptors (Lipinski definition) is 4. The van der Waals surface area contributed by atoms with E-state index in [1.165, 1.54) is 6.33 Å². The van der Waals surface area contributed by atoms with Gasteiger partial charge in [-0.05, 0) is 27.2 Å². The van der Waals surface area contributed by atoms with Crippen molar-refractivity contribution < 1.29 is 5.11 Å². The first-order valence-corrected chi connectivity index (χ1v) is 6.22. The Morgan fingerprint density at radius 3 is 2.65 bits per heavy atom. The lowest BCUT2D eigenvalue weighted by molar-refractivity contribution is 0.133. The number of hydrogen-bond donors (Lipinski definition) is 2. The summed E-state index contributed by atoms with van der Waals surface area (Å²) in [6.07, 6.45) is 2.72. The summed E-state index contributed by atoms with van der Waals surface area (Å²) in [5.41, 5.74) is 0.450. The molecule has 1 heterocycles. The van der Waals surface area contributed by atoms with Gasteiger partial charge in [-0.1, -0.05) is 24.9 Å². The van der Waals surface area contributed by atoms with Crippen molar-refractivity contribution in [3.8, 4) is 0 Å². The van der Waals surface area contributed by atoms with Crippen LogP contribution in [0.5, 0.6) is 0 Å². The number of anilines is 1. The Labute approximate surface area is 107 Å². The van der Waals surface area contributed by atoms with Crippen molar-refractivity contribution in [2.75, 3.05) is 5.32 Å². The van der Waals surface area contributed by atoms with Gasteiger partial charge in [0.05, 0.1) is 11.6 Å². The number of aliphatic hydroxyl groups is 1. The zero-order valence-corrected chi connectivity index (χ0v) is 11.5. The van der Waals surface area contributed by atoms with Gasteiger partial charge in [-0.25, -0.2) is 9.97 Å². The van der Waals surface area contributed by atoms with Gasteiger partial charge in [-0.3, -0.25) is 0 Å². The summed E-state index contributed by atoms with van der Waals surface area (Å²) in [6, 6.07) is 0. The van der Waals surface area contributed by atoms with Crippen LogP contribution in [0.15, 0.2) is 6.33 Å². The van der Waals surface area contributed by atoms with Crippen LogP contribution in [0, 0.1) is 0 Å². The van der Waals surface area contributed by atoms with E-state index < -0.39 is 11.6 Å². The number of rotatable bonds is 5. The molecule has 0 saturated carbocycles. The minimum absolute atomic E-state index is 0.458. The van der Waals surface area contributed by atoms with Crippen LogP contribution in [0.25, 0.3) is 0 Å². The highest BCUT2D eigenvalue weighted by Gasteiger charge is 2.25. The van der Waals surface area contributed by atoms with Crippen LogP contribution in [-0.4, -0.2) is 26.7 Å². The van der Waals surface area contributed by atoms with Gasteiger partial charge < -0.3 is 10.4 Å². The van der Waals surface area contributed by atoms with Gasteiger partial charge in [0.15, 0.2) is 0 Å². The monoisotopic (exact) mass is 257 g/mol. The predicted octanol–water partition coefficient (Wildman–Crippen LogP) is 2.65. The molecule has 0 spiro atoms. The van der Waals surface area contributed by atoms with Crippen LogP contribution in [0.4, 0.5) is 5.82 Å². The zero-order valence-electron chi connectivity index (χ0n) is 10.8. The molecule has 0 saturated heterocycles. The molecule has 1 atom stereocenters. The number of halogens is 1. The number of nitrogens with one attached hydrogen (secondary N) is 1. The molecule has 5 heteroatoms. The molecule has 17 heavy (non-hydrogen) atoms. The Kier molecular flexibility index (Phi) is 4.71. The molecule has 0 fully saturated rings. The van der Waals surface area contributed by atoms with Crippen LogP contribution in [0.3, 0.4) is 0 Å². The van der Waals surface area contributed by atoms with Crippen LogP contribution in [-0.2, 0) is 6.42 Å². The molecule has 96 valence electrons. The van der Waals surface area contributed by atoms with Gasteiger partial charge in [0.1, 0.15) is 17.3 Å². The number of aliphatic hydroxyl groups excluding tert-OH is 1. The highest BCUT2D eigenvalue weighted by Crippen LogP contribution is 2.25. The molecule has 0 amide bonds. The molecule has 1 unspecified atom stereocenters. The highest BCUT2D eigenvalue weighted by atomic mass is 35.5. The van der Waals surface area contributed by atoms with Gasteiger partial charge >= 0.3 is 0 Å². The molecule has 4 nitrogen and oxygen atoms in total. The summed E-state index contributed by atoms with van der Waals surface area (Å²) in [6.45, 7) is 7.66. The first-order valence-electron chi connectivity index (χ1n) is 5.84. The maximum absolute atomic E-state index is 9.69. The Bertz CT molecular complexity index is 380. The summed E-state index contributed by atoms with van der Waals surface area (Å²) in [5, 5.41) is 13.4. The summed E-state index contributed by atoms with van der Waals surface area (Å²) in [4.78, 5) is 8.19. The largest absolute Gasteiger partial charge is 0.391 e. The zero-order chi connectivity index (χ0) is 13.1. The Morgan fingerprint density at radius 1 is 1.47 bits per heavy atom. The third-order valence-electron chi connectivity index (χ3n) is 2.88. The van der Waals surface area contributed by atoms with Crippen LogP contribution >= 0.6 is 11.6 Å². The Morgan fingerprint density at radius 2 is 2.12 bits per heavy atom. The molecule has 0 aliphatic carbocycles. The van der Waals surface area contributed by atoms with E-state index >= 15 is 0 Å². The van der Waals surface area contributed by atoms with Gasteiger partial charge in [0, 0.05) is 5.56 Å². The molecule has 0 aliphatic heterocycles. The summed E-state index contributed by atoms with van der Waals surface area (Å²) in [5.74, 6) is 0.706. The molecular formula is C12H20ClN3O. The van der Waals surface area contributed by atoms with Gasteiger partial charge in [0.2, 0.25) is 0 Å². The molecule has 0 bridgehead atoms. The van der Waals surface area contributed by atoms with E-state index in [1.54, 1.807) is 6.92 Å². The van der Waals surface area contributed by atoms with Crippen molar-refractivity contribution in [3.05, 3.63) is 17.0 Å². The van der Waals surface area contributed by atoms with E-state index in [4.69, 9.17) is 11.6 Å². The second-order valence-electron chi connectivity index (χ2n) is 4.76. The highest BCUT2D eigenvalue weighted by molar-refractivity contribution is 6.30. The summed E-state index contributed by atoms with van der Waals surface area (Å²) < 4.78 is 0. The Hall–Kier alpha value is -0.870. The average Bonchev–Trinajstić information content (AvgIpc) is 2.22. The first-order chi connectivity index (χ1) is 7.88. The minimum atomic E-state index is -0.495. The van der Waals surface area contributed by atoms with Crippen molar-refractivity contribution in [1.82, 2.24) is 9.97 Å². The summed E-state index contributed by atoms with van der Waals surface area (Å²) in [7, 11) is 0. The third kappa shape index (κ3) is 3.54. The van der Waals surface area contributed by atoms with Crippen molar-refractivity contribution in [2.24, 2.45) is 0 Å². The molecule has 0 aliphatic rings. The van der Waals surface area contributed by atoms with Crippen LogP contribution in [0.2, 0.25) is 5.15 Å². The minimum Gasteiger partial charge on any atom is -0.391 e. The van der Waals surface area contributed by atoms with E-state index in [1.807, 2.05) is 13.8 Å². The van der Waals surface area contributed by atoms with E-state index in [2.05, 4.69) is 22.2 Å². The summed E-state index contributed by atoms with van der Waals surface area (Å²) >= 11 is 6.06. The molecular weight excluding hydrogens is 238 g/mol. The van der Waals surface area contributed by atoms with Gasteiger partial charge in [-0.15, -0.1) is 0 Å². The normalized spacial score (nSPS) is 13.5. The lowest BCUT2D eigenvalue weighted by atomic mass is 9.98. The lowest BCUT2D eigenvalue weighted by Gasteiger charge is -2.30. The molecule has 1 aromatic heterocycles. The van der Waals surface area contributed by atoms with Gasteiger partial charge in [-0.2, -0.15) is 0 Å². The fourth-order valence-corrected chi connectivity index (χ4v) is 1.61. The molecule has 1 rings (SSSR count). The van der Waals surface area contributed by atoms with E-state index in [9.17, 15) is 5.11 Å². The van der Waals surface area contributed by atoms with Crippen molar-refractivity contribution in [2.45, 2.75) is 52.2 Å². The molecule has 2 N–H and O–H groups in total. The lowest BCUT2D eigenvalue weighted by Crippen LogP contribution is -2.42. The standard InChI is InChI=1S/C12H20ClN3O/c1-5-6-9-10(13)14-7-15-11(9)16-12(3,4)8(2)17/h7-8,17H,5-6H2,1-4H3,(H,14,15,16). The van der Waals surface area contributed by atoms with Crippen molar-refractivity contribution >= 4 is 17.4 Å². The smallest absolute Gasteiger partial charge is 0.137 e. The molecule has 0 aromatic carbocycles.